The SMILES string of the molecule is N#Cc1nn(C2CCS(=O)(=O)C2)c2c1CCCC2. The highest BCUT2D eigenvalue weighted by atomic mass is 32.2. The van der Waals surface area contributed by atoms with E-state index in [0.717, 1.165) is 36.9 Å². The van der Waals surface area contributed by atoms with Gasteiger partial charge in [0.05, 0.1) is 17.5 Å². The molecule has 96 valence electrons. The molecule has 0 radical (unpaired) electrons. The van der Waals surface area contributed by atoms with E-state index in [1.807, 2.05) is 4.68 Å². The lowest BCUT2D eigenvalue weighted by Gasteiger charge is -2.17. The van der Waals surface area contributed by atoms with E-state index in [0.29, 0.717) is 12.1 Å². The summed E-state index contributed by atoms with van der Waals surface area (Å²) in [6, 6.07) is 2.07. The molecule has 1 aromatic heterocycles. The van der Waals surface area contributed by atoms with Crippen LogP contribution in [0.2, 0.25) is 0 Å². The van der Waals surface area contributed by atoms with Crippen molar-refractivity contribution in [3.05, 3.63) is 17.0 Å². The van der Waals surface area contributed by atoms with Crippen LogP contribution in [-0.4, -0.2) is 29.7 Å². The highest BCUT2D eigenvalue weighted by Crippen LogP contribution is 2.30. The number of nitriles is 1. The van der Waals surface area contributed by atoms with E-state index in [1.54, 1.807) is 0 Å². The summed E-state index contributed by atoms with van der Waals surface area (Å²) in [7, 11) is -2.91. The molecule has 1 fully saturated rings. The molecule has 0 saturated carbocycles. The van der Waals surface area contributed by atoms with Crippen LogP contribution < -0.4 is 0 Å². The molecule has 18 heavy (non-hydrogen) atoms. The molecule has 5 nitrogen and oxygen atoms in total. The summed E-state index contributed by atoms with van der Waals surface area (Å²) in [5, 5.41) is 13.5. The monoisotopic (exact) mass is 265 g/mol. The standard InChI is InChI=1S/C12H15N3O2S/c13-7-11-10-3-1-2-4-12(10)15(14-11)9-5-6-18(16,17)8-9/h9H,1-6,8H2. The second-order valence-corrected chi connectivity index (χ2v) is 7.32. The topological polar surface area (TPSA) is 75.8 Å². The minimum Gasteiger partial charge on any atom is -0.264 e. The van der Waals surface area contributed by atoms with Crippen molar-refractivity contribution in [3.8, 4) is 6.07 Å². The van der Waals surface area contributed by atoms with E-state index in [-0.39, 0.29) is 17.5 Å². The molecule has 0 N–H and O–H groups in total. The number of hydrogen-bond donors (Lipinski definition) is 0. The van der Waals surface area contributed by atoms with E-state index in [4.69, 9.17) is 5.26 Å². The average Bonchev–Trinajstić information content (AvgIpc) is 2.89. The van der Waals surface area contributed by atoms with Gasteiger partial charge in [-0.3, -0.25) is 4.68 Å². The zero-order chi connectivity index (χ0) is 12.8. The number of aromatic nitrogens is 2. The lowest BCUT2D eigenvalue weighted by atomic mass is 9.95. The van der Waals surface area contributed by atoms with Crippen molar-refractivity contribution in [1.82, 2.24) is 9.78 Å². The van der Waals surface area contributed by atoms with Gasteiger partial charge in [-0.15, -0.1) is 0 Å². The smallest absolute Gasteiger partial charge is 0.165 e. The minimum atomic E-state index is -2.91. The third-order valence-electron chi connectivity index (χ3n) is 3.87. The van der Waals surface area contributed by atoms with Crippen molar-refractivity contribution in [2.45, 2.75) is 38.1 Å². The summed E-state index contributed by atoms with van der Waals surface area (Å²) in [4.78, 5) is 0. The molecular weight excluding hydrogens is 250 g/mol. The van der Waals surface area contributed by atoms with Gasteiger partial charge in [-0.05, 0) is 32.1 Å². The Kier molecular flexibility index (Phi) is 2.67. The predicted molar refractivity (Wildman–Crippen MR) is 65.9 cm³/mol. The van der Waals surface area contributed by atoms with Crippen LogP contribution in [0.4, 0.5) is 0 Å². The van der Waals surface area contributed by atoms with Gasteiger partial charge < -0.3 is 0 Å². The molecule has 2 heterocycles. The Balaban J connectivity index is 2.03. The van der Waals surface area contributed by atoms with Crippen LogP contribution in [0.15, 0.2) is 0 Å². The maximum absolute atomic E-state index is 11.6. The summed E-state index contributed by atoms with van der Waals surface area (Å²) in [5.41, 5.74) is 2.64. The van der Waals surface area contributed by atoms with Gasteiger partial charge in [-0.25, -0.2) is 8.42 Å². The van der Waals surface area contributed by atoms with Gasteiger partial charge in [0.1, 0.15) is 6.07 Å². The first-order valence-electron chi connectivity index (χ1n) is 6.31. The van der Waals surface area contributed by atoms with E-state index in [1.165, 1.54) is 0 Å². The maximum Gasteiger partial charge on any atom is 0.165 e. The van der Waals surface area contributed by atoms with Gasteiger partial charge in [0, 0.05) is 11.3 Å². The molecule has 1 atom stereocenters. The second-order valence-electron chi connectivity index (χ2n) is 5.09. The molecule has 0 amide bonds. The first-order chi connectivity index (χ1) is 8.61. The molecule has 1 aliphatic heterocycles. The third kappa shape index (κ3) is 1.83. The fourth-order valence-electron chi connectivity index (χ4n) is 2.99. The van der Waals surface area contributed by atoms with Crippen LogP contribution in [0.1, 0.15) is 42.3 Å². The van der Waals surface area contributed by atoms with Crippen molar-refractivity contribution in [2.75, 3.05) is 11.5 Å². The molecule has 1 aromatic rings. The van der Waals surface area contributed by atoms with Gasteiger partial charge in [-0.1, -0.05) is 0 Å². The molecule has 0 aromatic carbocycles. The lowest BCUT2D eigenvalue weighted by molar-refractivity contribution is 0.469. The molecule has 0 spiro atoms. The Morgan fingerprint density at radius 2 is 2.11 bits per heavy atom. The number of rotatable bonds is 1. The van der Waals surface area contributed by atoms with Crippen molar-refractivity contribution >= 4 is 9.84 Å². The molecule has 1 aliphatic carbocycles. The Labute approximate surface area is 106 Å². The quantitative estimate of drug-likeness (QED) is 0.759. The van der Waals surface area contributed by atoms with E-state index < -0.39 is 9.84 Å². The van der Waals surface area contributed by atoms with Crippen molar-refractivity contribution < 1.29 is 8.42 Å². The highest BCUT2D eigenvalue weighted by molar-refractivity contribution is 7.91. The largest absolute Gasteiger partial charge is 0.264 e. The van der Waals surface area contributed by atoms with Crippen LogP contribution in [0.3, 0.4) is 0 Å². The average molecular weight is 265 g/mol. The molecule has 1 unspecified atom stereocenters. The molecule has 3 rings (SSSR count). The molecular formula is C12H15N3O2S. The lowest BCUT2D eigenvalue weighted by Crippen LogP contribution is -2.17. The highest BCUT2D eigenvalue weighted by Gasteiger charge is 2.33. The molecule has 2 aliphatic rings. The minimum absolute atomic E-state index is 0.0658. The Bertz CT molecular complexity index is 624. The zero-order valence-corrected chi connectivity index (χ0v) is 10.9. The first-order valence-corrected chi connectivity index (χ1v) is 8.13. The van der Waals surface area contributed by atoms with Gasteiger partial charge >= 0.3 is 0 Å². The van der Waals surface area contributed by atoms with Gasteiger partial charge in [-0.2, -0.15) is 10.4 Å². The maximum atomic E-state index is 11.6. The summed E-state index contributed by atoms with van der Waals surface area (Å²) in [6.07, 6.45) is 4.64. The van der Waals surface area contributed by atoms with Crippen LogP contribution in [-0.2, 0) is 22.7 Å². The fourth-order valence-corrected chi connectivity index (χ4v) is 4.68. The Hall–Kier alpha value is -1.35. The summed E-state index contributed by atoms with van der Waals surface area (Å²) in [6.45, 7) is 0. The molecule has 0 bridgehead atoms. The molecule has 6 heteroatoms. The zero-order valence-electron chi connectivity index (χ0n) is 10.1. The third-order valence-corrected chi connectivity index (χ3v) is 5.62. The van der Waals surface area contributed by atoms with Crippen molar-refractivity contribution in [2.24, 2.45) is 0 Å². The van der Waals surface area contributed by atoms with E-state index in [2.05, 4.69) is 11.2 Å². The van der Waals surface area contributed by atoms with Crippen LogP contribution in [0, 0.1) is 11.3 Å². The van der Waals surface area contributed by atoms with Crippen molar-refractivity contribution in [1.29, 1.82) is 5.26 Å². The first kappa shape index (κ1) is 11.7. The fraction of sp³-hybridized carbons (Fsp3) is 0.667. The number of sulfone groups is 1. The normalized spacial score (nSPS) is 25.6. The van der Waals surface area contributed by atoms with Gasteiger partial charge in [0.2, 0.25) is 0 Å². The Morgan fingerprint density at radius 3 is 2.78 bits per heavy atom. The van der Waals surface area contributed by atoms with Gasteiger partial charge in [0.25, 0.3) is 0 Å². The van der Waals surface area contributed by atoms with E-state index in [9.17, 15) is 8.42 Å². The summed E-state index contributed by atoms with van der Waals surface area (Å²) < 4.78 is 24.9. The number of hydrogen-bond acceptors (Lipinski definition) is 4. The predicted octanol–water partition coefficient (Wildman–Crippen LogP) is 0.993. The number of nitrogens with zero attached hydrogens (tertiary/aromatic N) is 3. The van der Waals surface area contributed by atoms with Crippen LogP contribution in [0.5, 0.6) is 0 Å². The molecule has 1 saturated heterocycles. The number of fused-ring (bicyclic) bond motifs is 1. The van der Waals surface area contributed by atoms with Gasteiger partial charge in [0.15, 0.2) is 15.5 Å². The second kappa shape index (κ2) is 4.09. The van der Waals surface area contributed by atoms with Crippen molar-refractivity contribution in [3.63, 3.8) is 0 Å². The summed E-state index contributed by atoms with van der Waals surface area (Å²) in [5.74, 6) is 0.417. The van der Waals surface area contributed by atoms with Crippen LogP contribution >= 0.6 is 0 Å². The Morgan fingerprint density at radius 1 is 1.33 bits per heavy atom. The van der Waals surface area contributed by atoms with Crippen LogP contribution in [0.25, 0.3) is 0 Å². The summed E-state index contributed by atoms with van der Waals surface area (Å²) >= 11 is 0. The van der Waals surface area contributed by atoms with E-state index >= 15 is 0 Å².